The summed E-state index contributed by atoms with van der Waals surface area (Å²) in [7, 11) is -3.62. The Morgan fingerprint density at radius 1 is 0.710 bits per heavy atom. The molecule has 2 aromatic rings. The fourth-order valence-electron chi connectivity index (χ4n) is 2.68. The molecule has 0 amide bonds. The van der Waals surface area contributed by atoms with Gasteiger partial charge in [0.05, 0.1) is 9.79 Å². The van der Waals surface area contributed by atoms with Gasteiger partial charge in [-0.1, -0.05) is 26.7 Å². The number of anilines is 2. The smallest absolute Gasteiger partial charge is 0.206 e. The van der Waals surface area contributed by atoms with Gasteiger partial charge in [-0.3, -0.25) is 0 Å². The Kier molecular flexibility index (Phi) is 10.2. The van der Waals surface area contributed by atoms with Crippen LogP contribution < -0.4 is 21.3 Å². The highest BCUT2D eigenvalue weighted by molar-refractivity contribution is 7.91. The minimum Gasteiger partial charge on any atom is -0.362 e. The molecule has 168 valence electrons. The Morgan fingerprint density at radius 3 is 1.39 bits per heavy atom. The van der Waals surface area contributed by atoms with Gasteiger partial charge in [-0.15, -0.1) is 0 Å². The van der Waals surface area contributed by atoms with Gasteiger partial charge in [0.25, 0.3) is 0 Å². The second kappa shape index (κ2) is 12.6. The molecule has 2 aromatic carbocycles. The third-order valence-electron chi connectivity index (χ3n) is 4.48. The Balaban J connectivity index is 1.99. The highest BCUT2D eigenvalue weighted by Crippen LogP contribution is 2.23. The third-order valence-corrected chi connectivity index (χ3v) is 6.76. The highest BCUT2D eigenvalue weighted by Gasteiger charge is 2.17. The van der Waals surface area contributed by atoms with E-state index >= 15 is 0 Å². The number of benzene rings is 2. The first-order chi connectivity index (χ1) is 14.9. The van der Waals surface area contributed by atoms with Crippen molar-refractivity contribution in [2.24, 2.45) is 0 Å². The van der Waals surface area contributed by atoms with Crippen molar-refractivity contribution in [3.05, 3.63) is 48.5 Å². The molecule has 0 aliphatic carbocycles. The summed E-state index contributed by atoms with van der Waals surface area (Å²) in [5, 5.41) is 13.4. The lowest BCUT2D eigenvalue weighted by molar-refractivity contribution is 0.596. The maximum Gasteiger partial charge on any atom is 0.206 e. The van der Waals surface area contributed by atoms with Gasteiger partial charge in [-0.25, -0.2) is 8.42 Å². The molecule has 0 saturated heterocycles. The SMILES string of the molecule is CCCCNC(=S)Nc1ccc(S(=O)(=O)c2ccc(NC(=S)NCCCC)cc2)cc1. The van der Waals surface area contributed by atoms with Gasteiger partial charge < -0.3 is 21.3 Å². The summed E-state index contributed by atoms with van der Waals surface area (Å²) >= 11 is 10.5. The van der Waals surface area contributed by atoms with E-state index in [1.807, 2.05) is 0 Å². The van der Waals surface area contributed by atoms with Crippen LogP contribution in [0.3, 0.4) is 0 Å². The van der Waals surface area contributed by atoms with Crippen LogP contribution in [-0.4, -0.2) is 31.7 Å². The van der Waals surface area contributed by atoms with E-state index in [9.17, 15) is 8.42 Å². The van der Waals surface area contributed by atoms with Crippen molar-refractivity contribution in [3.63, 3.8) is 0 Å². The molecule has 9 heteroatoms. The first kappa shape index (κ1) is 25.0. The molecule has 0 radical (unpaired) electrons. The second-order valence-corrected chi connectivity index (χ2v) is 9.79. The van der Waals surface area contributed by atoms with Gasteiger partial charge in [0.1, 0.15) is 0 Å². The average Bonchev–Trinajstić information content (AvgIpc) is 2.75. The van der Waals surface area contributed by atoms with E-state index in [4.69, 9.17) is 24.4 Å². The van der Waals surface area contributed by atoms with Crippen molar-refractivity contribution in [2.75, 3.05) is 23.7 Å². The molecule has 0 aliphatic rings. The number of hydrogen-bond donors (Lipinski definition) is 4. The number of rotatable bonds is 10. The first-order valence-corrected chi connectivity index (χ1v) is 12.7. The van der Waals surface area contributed by atoms with Gasteiger partial charge in [-0.2, -0.15) is 0 Å². The predicted molar refractivity (Wildman–Crippen MR) is 137 cm³/mol. The van der Waals surface area contributed by atoms with Crippen molar-refractivity contribution in [1.29, 1.82) is 0 Å². The molecule has 0 saturated carbocycles. The maximum atomic E-state index is 12.9. The fraction of sp³-hybridized carbons (Fsp3) is 0.364. The number of hydrogen-bond acceptors (Lipinski definition) is 4. The predicted octanol–water partition coefficient (Wildman–Crippen LogP) is 4.69. The summed E-state index contributed by atoms with van der Waals surface area (Å²) in [5.74, 6) is 0. The van der Waals surface area contributed by atoms with Crippen molar-refractivity contribution in [1.82, 2.24) is 10.6 Å². The van der Waals surface area contributed by atoms with Gasteiger partial charge in [0.2, 0.25) is 9.84 Å². The molecule has 0 fully saturated rings. The quantitative estimate of drug-likeness (QED) is 0.289. The maximum absolute atomic E-state index is 12.9. The lowest BCUT2D eigenvalue weighted by atomic mass is 10.3. The zero-order valence-electron chi connectivity index (χ0n) is 17.9. The highest BCUT2D eigenvalue weighted by atomic mass is 32.2. The van der Waals surface area contributed by atoms with E-state index in [2.05, 4.69) is 35.1 Å². The summed E-state index contributed by atoms with van der Waals surface area (Å²) in [6.07, 6.45) is 4.24. The second-order valence-electron chi connectivity index (χ2n) is 7.02. The molecule has 4 N–H and O–H groups in total. The van der Waals surface area contributed by atoms with E-state index in [1.165, 1.54) is 0 Å². The largest absolute Gasteiger partial charge is 0.362 e. The Hall–Kier alpha value is -2.23. The number of nitrogens with one attached hydrogen (secondary N) is 4. The monoisotopic (exact) mass is 478 g/mol. The minimum atomic E-state index is -3.62. The molecule has 0 aromatic heterocycles. The fourth-order valence-corrected chi connectivity index (χ4v) is 4.38. The summed E-state index contributed by atoms with van der Waals surface area (Å²) in [6, 6.07) is 13.1. The van der Waals surface area contributed by atoms with Gasteiger partial charge >= 0.3 is 0 Å². The molecule has 0 aliphatic heterocycles. The Morgan fingerprint density at radius 2 is 1.06 bits per heavy atom. The molecule has 0 spiro atoms. The first-order valence-electron chi connectivity index (χ1n) is 10.4. The molecule has 0 unspecified atom stereocenters. The molecule has 0 bridgehead atoms. The van der Waals surface area contributed by atoms with Crippen molar-refractivity contribution in [3.8, 4) is 0 Å². The van der Waals surface area contributed by atoms with Crippen LogP contribution in [0.1, 0.15) is 39.5 Å². The molecule has 6 nitrogen and oxygen atoms in total. The standard InChI is InChI=1S/C22H30N4O2S3/c1-3-5-15-23-21(29)25-17-7-11-19(12-8-17)31(27,28)20-13-9-18(10-14-20)26-22(30)24-16-6-4-2/h7-14H,3-6,15-16H2,1-2H3,(H2,23,25,29)(H2,24,26,30). The van der Waals surface area contributed by atoms with Crippen LogP contribution in [-0.2, 0) is 9.84 Å². The van der Waals surface area contributed by atoms with E-state index in [-0.39, 0.29) is 9.79 Å². The number of thiocarbonyl (C=S) groups is 2. The molecule has 0 atom stereocenters. The van der Waals surface area contributed by atoms with Crippen molar-refractivity contribution in [2.45, 2.75) is 49.3 Å². The zero-order chi connectivity index (χ0) is 22.7. The molecule has 31 heavy (non-hydrogen) atoms. The summed E-state index contributed by atoms with van der Waals surface area (Å²) in [6.45, 7) is 5.84. The molecular weight excluding hydrogens is 448 g/mol. The minimum absolute atomic E-state index is 0.223. The van der Waals surface area contributed by atoms with Crippen LogP contribution in [0.5, 0.6) is 0 Å². The Bertz CT molecular complexity index is 886. The van der Waals surface area contributed by atoms with Gasteiger partial charge in [-0.05, 0) is 85.8 Å². The Labute approximate surface area is 196 Å². The van der Waals surface area contributed by atoms with Crippen LogP contribution in [0.4, 0.5) is 11.4 Å². The van der Waals surface area contributed by atoms with Crippen LogP contribution in [0.25, 0.3) is 0 Å². The van der Waals surface area contributed by atoms with E-state index in [0.717, 1.165) is 50.1 Å². The molecule has 2 rings (SSSR count). The normalized spacial score (nSPS) is 10.9. The summed E-state index contributed by atoms with van der Waals surface area (Å²) in [5.41, 5.74) is 1.47. The average molecular weight is 479 g/mol. The van der Waals surface area contributed by atoms with E-state index < -0.39 is 9.84 Å². The summed E-state index contributed by atoms with van der Waals surface area (Å²) < 4.78 is 25.9. The zero-order valence-corrected chi connectivity index (χ0v) is 20.4. The van der Waals surface area contributed by atoms with Crippen LogP contribution in [0.15, 0.2) is 58.3 Å². The van der Waals surface area contributed by atoms with Crippen molar-refractivity contribution >= 4 is 55.9 Å². The molecule has 0 heterocycles. The van der Waals surface area contributed by atoms with Crippen molar-refractivity contribution < 1.29 is 8.42 Å². The van der Waals surface area contributed by atoms with Gasteiger partial charge in [0.15, 0.2) is 10.2 Å². The lowest BCUT2D eigenvalue weighted by Gasteiger charge is -2.12. The number of unbranched alkanes of at least 4 members (excludes halogenated alkanes) is 2. The lowest BCUT2D eigenvalue weighted by Crippen LogP contribution is -2.29. The van der Waals surface area contributed by atoms with Crippen LogP contribution in [0, 0.1) is 0 Å². The van der Waals surface area contributed by atoms with Crippen LogP contribution >= 0.6 is 24.4 Å². The third kappa shape index (κ3) is 8.08. The van der Waals surface area contributed by atoms with Crippen LogP contribution in [0.2, 0.25) is 0 Å². The summed E-state index contributed by atoms with van der Waals surface area (Å²) in [4.78, 5) is 0.445. The number of sulfone groups is 1. The molecular formula is C22H30N4O2S3. The topological polar surface area (TPSA) is 82.3 Å². The van der Waals surface area contributed by atoms with Gasteiger partial charge in [0, 0.05) is 24.5 Å². The van der Waals surface area contributed by atoms with E-state index in [1.54, 1.807) is 48.5 Å². The van der Waals surface area contributed by atoms with E-state index in [0.29, 0.717) is 10.2 Å².